The average Bonchev–Trinajstić information content (AvgIpc) is 2.94. The van der Waals surface area contributed by atoms with Crippen LogP contribution in [-0.4, -0.2) is 61.2 Å². The van der Waals surface area contributed by atoms with Gasteiger partial charge >= 0.3 is 0 Å². The molecule has 0 bridgehead atoms. The van der Waals surface area contributed by atoms with Crippen molar-refractivity contribution in [2.75, 3.05) is 32.8 Å². The zero-order valence-corrected chi connectivity index (χ0v) is 26.9. The molecule has 5 rings (SSSR count). The van der Waals surface area contributed by atoms with E-state index in [2.05, 4.69) is 38.2 Å². The highest BCUT2D eigenvalue weighted by atomic mass is 35.5. The Balaban J connectivity index is 0.000000729. The van der Waals surface area contributed by atoms with E-state index in [0.717, 1.165) is 67.1 Å². The minimum atomic E-state index is -0.511. The molecule has 0 aliphatic carbocycles. The zero-order valence-electron chi connectivity index (χ0n) is 25.0. The topological polar surface area (TPSA) is 64.5 Å². The maximum atomic E-state index is 11.3. The number of pyridine rings is 2. The minimum absolute atomic E-state index is 0.290. The van der Waals surface area contributed by atoms with Gasteiger partial charge in [0.15, 0.2) is 7.85 Å². The number of rotatable bonds is 8. The molecule has 0 saturated carbocycles. The Hall–Kier alpha value is -2.83. The van der Waals surface area contributed by atoms with Crippen LogP contribution in [0.3, 0.4) is 0 Å². The van der Waals surface area contributed by atoms with Crippen molar-refractivity contribution in [3.05, 3.63) is 93.4 Å². The van der Waals surface area contributed by atoms with Gasteiger partial charge in [-0.3, -0.25) is 9.88 Å². The standard InChI is InChI=1S/C28H28BClN3O2P.C3H6O.C2H6/c1-18(14-21-7-9-25(28(29)34)31-19(21)2)16-33-12-10-20(11-13-33)24-4-3-5-27(32-24)35-17-22-6-8-23(30)15-26(22)36;1-2-4-3-1;1-2/h3-10,14-15H,11-13,16-17,36H2,1-2H3;1-3H2;1-2H3/b18-14+;;. The van der Waals surface area contributed by atoms with E-state index in [1.807, 2.05) is 63.2 Å². The molecule has 1 aromatic carbocycles. The number of benzene rings is 1. The quantitative estimate of drug-likeness (QED) is 0.218. The lowest BCUT2D eigenvalue weighted by Crippen LogP contribution is -2.30. The third-order valence-electron chi connectivity index (χ3n) is 6.66. The second kappa shape index (κ2) is 17.3. The van der Waals surface area contributed by atoms with Crippen molar-refractivity contribution in [1.29, 1.82) is 0 Å². The molecule has 1 unspecified atom stereocenters. The van der Waals surface area contributed by atoms with Gasteiger partial charge in [0, 0.05) is 49.6 Å². The Morgan fingerprint density at radius 1 is 1.17 bits per heavy atom. The summed E-state index contributed by atoms with van der Waals surface area (Å²) in [5.41, 5.74) is 6.05. The van der Waals surface area contributed by atoms with Crippen LogP contribution in [-0.2, 0) is 11.3 Å². The second-order valence-corrected chi connectivity index (χ2v) is 11.0. The van der Waals surface area contributed by atoms with Crippen molar-refractivity contribution < 1.29 is 14.3 Å². The van der Waals surface area contributed by atoms with Gasteiger partial charge in [-0.1, -0.05) is 61.4 Å². The summed E-state index contributed by atoms with van der Waals surface area (Å²) in [6, 6.07) is 15.2. The molecule has 42 heavy (non-hydrogen) atoms. The lowest BCUT2D eigenvalue weighted by Gasteiger charge is -2.26. The van der Waals surface area contributed by atoms with Crippen molar-refractivity contribution in [3.63, 3.8) is 0 Å². The maximum Gasteiger partial charge on any atom is 0.214 e. The first kappa shape index (κ1) is 33.7. The largest absolute Gasteiger partial charge is 0.473 e. The van der Waals surface area contributed by atoms with Crippen LogP contribution in [0.2, 0.25) is 5.02 Å². The summed E-state index contributed by atoms with van der Waals surface area (Å²) in [6.07, 6.45) is 6.57. The summed E-state index contributed by atoms with van der Waals surface area (Å²) in [5, 5.41) is 1.73. The lowest BCUT2D eigenvalue weighted by molar-refractivity contribution is 0.0367. The van der Waals surface area contributed by atoms with Gasteiger partial charge < -0.3 is 14.3 Å². The van der Waals surface area contributed by atoms with Crippen LogP contribution in [0, 0.1) is 6.92 Å². The highest BCUT2D eigenvalue weighted by molar-refractivity contribution is 7.27. The fourth-order valence-corrected chi connectivity index (χ4v) is 4.93. The fourth-order valence-electron chi connectivity index (χ4n) is 4.28. The maximum absolute atomic E-state index is 11.3. The summed E-state index contributed by atoms with van der Waals surface area (Å²) in [5.74, 6) is 0.611. The Labute approximate surface area is 259 Å². The summed E-state index contributed by atoms with van der Waals surface area (Å²) >= 11 is 6.04. The third kappa shape index (κ3) is 10.5. The predicted molar refractivity (Wildman–Crippen MR) is 178 cm³/mol. The molecule has 1 atom stereocenters. The van der Waals surface area contributed by atoms with E-state index in [4.69, 9.17) is 33.9 Å². The Kier molecular flexibility index (Phi) is 13.9. The van der Waals surface area contributed by atoms with E-state index in [0.29, 0.717) is 17.5 Å². The first-order valence-electron chi connectivity index (χ1n) is 14.4. The van der Waals surface area contributed by atoms with Crippen molar-refractivity contribution in [2.24, 2.45) is 0 Å². The van der Waals surface area contributed by atoms with Gasteiger partial charge in [0.25, 0.3) is 0 Å². The normalized spacial score (nSPS) is 14.8. The number of halogens is 1. The van der Waals surface area contributed by atoms with Crippen LogP contribution in [0.1, 0.15) is 66.6 Å². The van der Waals surface area contributed by atoms with E-state index in [-0.39, 0.29) is 5.69 Å². The highest BCUT2D eigenvalue weighted by Crippen LogP contribution is 2.24. The summed E-state index contributed by atoms with van der Waals surface area (Å²) in [7, 11) is 8.02. The van der Waals surface area contributed by atoms with E-state index >= 15 is 0 Å². The van der Waals surface area contributed by atoms with Gasteiger partial charge in [0.2, 0.25) is 5.88 Å². The van der Waals surface area contributed by atoms with Crippen LogP contribution in [0.4, 0.5) is 0 Å². The molecule has 220 valence electrons. The molecular formula is C33H40BClN3O3P. The molecule has 2 aliphatic rings. The SMILES string of the molecule is C1COC1.CC.[B]C(=O)c1ccc(/C=C(\C)CN2CC=C(c3cccc(OCc4ccc(Cl)cc4P)n3)CC2)c(C)n1. The minimum Gasteiger partial charge on any atom is -0.473 e. The third-order valence-corrected chi connectivity index (χ3v) is 7.43. The smallest absolute Gasteiger partial charge is 0.214 e. The summed E-state index contributed by atoms with van der Waals surface area (Å²) in [4.78, 5) is 22.8. The molecule has 1 saturated heterocycles. The number of hydrogen-bond acceptors (Lipinski definition) is 6. The Morgan fingerprint density at radius 2 is 1.90 bits per heavy atom. The van der Waals surface area contributed by atoms with E-state index in [1.54, 1.807) is 6.07 Å². The van der Waals surface area contributed by atoms with Crippen LogP contribution in [0.5, 0.6) is 5.88 Å². The Bertz CT molecular complexity index is 1410. The number of carbonyl (C=O) groups excluding carboxylic acids is 1. The van der Waals surface area contributed by atoms with Crippen LogP contribution < -0.4 is 10.0 Å². The summed E-state index contributed by atoms with van der Waals surface area (Å²) < 4.78 is 10.7. The second-order valence-electron chi connectivity index (χ2n) is 9.90. The molecular weight excluding hydrogens is 564 g/mol. The molecule has 0 N–H and O–H groups in total. The van der Waals surface area contributed by atoms with Gasteiger partial charge in [-0.05, 0) is 73.0 Å². The van der Waals surface area contributed by atoms with Crippen molar-refractivity contribution >= 4 is 51.3 Å². The molecule has 2 radical (unpaired) electrons. The molecule has 0 amide bonds. The lowest BCUT2D eigenvalue weighted by atomic mass is 9.98. The monoisotopic (exact) mass is 603 g/mol. The summed E-state index contributed by atoms with van der Waals surface area (Å²) in [6.45, 7) is 13.1. The van der Waals surface area contributed by atoms with Crippen LogP contribution >= 0.6 is 20.8 Å². The fraction of sp³-hybridized carbons (Fsp3) is 0.364. The van der Waals surface area contributed by atoms with Crippen LogP contribution in [0.25, 0.3) is 11.6 Å². The van der Waals surface area contributed by atoms with Crippen molar-refractivity contribution in [3.8, 4) is 5.88 Å². The van der Waals surface area contributed by atoms with Crippen molar-refractivity contribution in [1.82, 2.24) is 14.9 Å². The van der Waals surface area contributed by atoms with Crippen molar-refractivity contribution in [2.45, 2.75) is 47.1 Å². The molecule has 2 aliphatic heterocycles. The number of hydrogen-bond donors (Lipinski definition) is 0. The molecule has 6 nitrogen and oxygen atoms in total. The average molecular weight is 604 g/mol. The van der Waals surface area contributed by atoms with Gasteiger partial charge in [-0.2, -0.15) is 0 Å². The van der Waals surface area contributed by atoms with E-state index < -0.39 is 5.68 Å². The van der Waals surface area contributed by atoms with Gasteiger partial charge in [0.05, 0.1) is 11.4 Å². The molecule has 4 heterocycles. The van der Waals surface area contributed by atoms with E-state index in [9.17, 15) is 4.79 Å². The van der Waals surface area contributed by atoms with Gasteiger partial charge in [-0.15, -0.1) is 9.24 Å². The number of aryl methyl sites for hydroxylation is 1. The zero-order chi connectivity index (χ0) is 30.5. The predicted octanol–water partition coefficient (Wildman–Crippen LogP) is 6.45. The molecule has 1 fully saturated rings. The molecule has 0 spiro atoms. The molecule has 3 aromatic rings. The number of carbonyl (C=O) groups is 1. The van der Waals surface area contributed by atoms with E-state index in [1.165, 1.54) is 17.6 Å². The first-order chi connectivity index (χ1) is 20.3. The van der Waals surface area contributed by atoms with Crippen LogP contribution in [0.15, 0.2) is 60.2 Å². The number of nitrogens with zero attached hydrogens (tertiary/aromatic N) is 3. The molecule has 9 heteroatoms. The number of aromatic nitrogens is 2. The first-order valence-corrected chi connectivity index (χ1v) is 15.3. The highest BCUT2D eigenvalue weighted by Gasteiger charge is 2.15. The number of ether oxygens (including phenoxy) is 2. The Morgan fingerprint density at radius 3 is 2.50 bits per heavy atom. The molecule has 2 aromatic heterocycles. The van der Waals surface area contributed by atoms with Gasteiger partial charge in [-0.25, -0.2) is 4.98 Å². The van der Waals surface area contributed by atoms with Gasteiger partial charge in [0.1, 0.15) is 12.3 Å².